The van der Waals surface area contributed by atoms with Crippen LogP contribution in [0.25, 0.3) is 0 Å². The van der Waals surface area contributed by atoms with Crippen LogP contribution in [0.2, 0.25) is 0 Å². The third-order valence-electron chi connectivity index (χ3n) is 3.87. The zero-order chi connectivity index (χ0) is 18.7. The minimum absolute atomic E-state index is 0. The highest BCUT2D eigenvalue weighted by Gasteiger charge is 2.05. The molecule has 1 amide bonds. The highest BCUT2D eigenvalue weighted by molar-refractivity contribution is 14.0. The van der Waals surface area contributed by atoms with E-state index in [1.54, 1.807) is 26.1 Å². The lowest BCUT2D eigenvalue weighted by Gasteiger charge is -2.14. The molecule has 0 aliphatic heterocycles. The molecule has 0 bridgehead atoms. The Balaban J connectivity index is 0.00000625. The first kappa shape index (κ1) is 24.5. The lowest BCUT2D eigenvalue weighted by atomic mass is 10.1. The first-order valence-corrected chi connectivity index (χ1v) is 8.83. The van der Waals surface area contributed by atoms with Gasteiger partial charge in [-0.05, 0) is 37.0 Å². The smallest absolute Gasteiger partial charge is 0.243 e. The molecule has 1 aromatic rings. The predicted octanol–water partition coefficient (Wildman–Crippen LogP) is 2.59. The fraction of sp³-hybridized carbons (Fsp3) is 0.579. The number of carbonyl (C=O) groups excluding carboxylic acids is 1. The Morgan fingerprint density at radius 1 is 1.23 bits per heavy atom. The summed E-state index contributed by atoms with van der Waals surface area (Å²) in [4.78, 5) is 17.6. The van der Waals surface area contributed by atoms with E-state index in [-0.39, 0.29) is 36.4 Å². The van der Waals surface area contributed by atoms with Crippen LogP contribution in [-0.4, -0.2) is 57.6 Å². The van der Waals surface area contributed by atoms with Gasteiger partial charge in [0, 0.05) is 27.2 Å². The number of aliphatic imine (C=N–C) groups is 1. The summed E-state index contributed by atoms with van der Waals surface area (Å²) in [6.07, 6.45) is 3.03. The number of aryl methyl sites for hydroxylation is 1. The van der Waals surface area contributed by atoms with E-state index < -0.39 is 0 Å². The van der Waals surface area contributed by atoms with Crippen molar-refractivity contribution in [3.05, 3.63) is 29.3 Å². The largest absolute Gasteiger partial charge is 0.496 e. The zero-order valence-electron chi connectivity index (χ0n) is 16.6. The second kappa shape index (κ2) is 13.7. The Labute approximate surface area is 174 Å². The Morgan fingerprint density at radius 2 is 1.92 bits per heavy atom. The molecule has 0 spiro atoms. The lowest BCUT2D eigenvalue weighted by molar-refractivity contribution is -0.127. The summed E-state index contributed by atoms with van der Waals surface area (Å²) in [5.41, 5.74) is 2.33. The molecule has 0 saturated heterocycles. The highest BCUT2D eigenvalue weighted by atomic mass is 127. The quantitative estimate of drug-likeness (QED) is 0.249. The number of hydrogen-bond acceptors (Lipinski definition) is 3. The van der Waals surface area contributed by atoms with Gasteiger partial charge in [-0.15, -0.1) is 24.0 Å². The maximum Gasteiger partial charge on any atom is 0.243 e. The Hall–Kier alpha value is -1.51. The average molecular weight is 476 g/mol. The Kier molecular flexibility index (Phi) is 12.9. The number of halogens is 1. The van der Waals surface area contributed by atoms with E-state index in [2.05, 4.69) is 40.7 Å². The van der Waals surface area contributed by atoms with Crippen molar-refractivity contribution in [2.45, 2.75) is 33.1 Å². The molecule has 2 N–H and O–H groups in total. The number of ether oxygens (including phenoxy) is 1. The van der Waals surface area contributed by atoms with Gasteiger partial charge in [0.05, 0.1) is 7.11 Å². The van der Waals surface area contributed by atoms with Gasteiger partial charge in [-0.3, -0.25) is 4.79 Å². The number of carbonyl (C=O) groups is 1. The SMILES string of the molecule is CCCCNC(=NCC(=O)N(C)C)NCCc1ccc(C)c(OC)c1.I. The Morgan fingerprint density at radius 3 is 2.54 bits per heavy atom. The van der Waals surface area contributed by atoms with Crippen LogP contribution < -0.4 is 15.4 Å². The number of unbranched alkanes of at least 4 members (excludes halogenated alkanes) is 1. The van der Waals surface area contributed by atoms with Gasteiger partial charge in [-0.2, -0.15) is 0 Å². The van der Waals surface area contributed by atoms with Crippen molar-refractivity contribution < 1.29 is 9.53 Å². The molecule has 1 aromatic carbocycles. The van der Waals surface area contributed by atoms with Gasteiger partial charge in [0.15, 0.2) is 5.96 Å². The van der Waals surface area contributed by atoms with Crippen LogP contribution in [0.15, 0.2) is 23.2 Å². The van der Waals surface area contributed by atoms with E-state index in [0.29, 0.717) is 5.96 Å². The fourth-order valence-corrected chi connectivity index (χ4v) is 2.19. The third kappa shape index (κ3) is 9.26. The number of guanidine groups is 1. The molecular weight excluding hydrogens is 443 g/mol. The summed E-state index contributed by atoms with van der Waals surface area (Å²) in [6.45, 7) is 5.90. The average Bonchev–Trinajstić information content (AvgIpc) is 2.60. The highest BCUT2D eigenvalue weighted by Crippen LogP contribution is 2.18. The molecule has 1 rings (SSSR count). The van der Waals surface area contributed by atoms with Crippen molar-refractivity contribution >= 4 is 35.8 Å². The van der Waals surface area contributed by atoms with E-state index in [9.17, 15) is 4.79 Å². The summed E-state index contributed by atoms with van der Waals surface area (Å²) in [5, 5.41) is 6.58. The molecular formula is C19H33IN4O2. The number of amides is 1. The van der Waals surface area contributed by atoms with Crippen molar-refractivity contribution in [2.24, 2.45) is 4.99 Å². The summed E-state index contributed by atoms with van der Waals surface area (Å²) in [6, 6.07) is 6.24. The van der Waals surface area contributed by atoms with Gasteiger partial charge in [-0.25, -0.2) is 4.99 Å². The molecule has 0 fully saturated rings. The number of likely N-dealkylation sites (N-methyl/N-ethyl adjacent to an activating group) is 1. The number of nitrogens with one attached hydrogen (secondary N) is 2. The molecule has 7 heteroatoms. The summed E-state index contributed by atoms with van der Waals surface area (Å²) < 4.78 is 5.37. The minimum Gasteiger partial charge on any atom is -0.496 e. The standard InChI is InChI=1S/C19H32N4O2.HI/c1-6-7-11-20-19(22-14-18(24)23(3)4)21-12-10-16-9-8-15(2)17(13-16)25-5;/h8-9,13H,6-7,10-12,14H2,1-5H3,(H2,20,21,22);1H. The number of nitrogens with zero attached hydrogens (tertiary/aromatic N) is 2. The minimum atomic E-state index is -0.0140. The molecule has 0 aromatic heterocycles. The monoisotopic (exact) mass is 476 g/mol. The molecule has 6 nitrogen and oxygen atoms in total. The molecule has 0 aliphatic carbocycles. The summed E-state index contributed by atoms with van der Waals surface area (Å²) in [5.74, 6) is 1.58. The summed E-state index contributed by atoms with van der Waals surface area (Å²) >= 11 is 0. The van der Waals surface area contributed by atoms with Gasteiger partial charge in [0.1, 0.15) is 12.3 Å². The van der Waals surface area contributed by atoms with E-state index in [0.717, 1.165) is 43.7 Å². The Bertz CT molecular complexity index is 577. The number of hydrogen-bond donors (Lipinski definition) is 2. The second-order valence-electron chi connectivity index (χ2n) is 6.21. The topological polar surface area (TPSA) is 66.0 Å². The normalized spacial score (nSPS) is 10.7. The van der Waals surface area contributed by atoms with Gasteiger partial charge in [-0.1, -0.05) is 25.5 Å². The maximum atomic E-state index is 11.7. The number of benzene rings is 1. The van der Waals surface area contributed by atoms with Gasteiger partial charge >= 0.3 is 0 Å². The van der Waals surface area contributed by atoms with E-state index >= 15 is 0 Å². The van der Waals surface area contributed by atoms with Crippen LogP contribution in [-0.2, 0) is 11.2 Å². The van der Waals surface area contributed by atoms with Gasteiger partial charge < -0.3 is 20.3 Å². The number of methoxy groups -OCH3 is 1. The van der Waals surface area contributed by atoms with E-state index in [4.69, 9.17) is 4.74 Å². The first-order chi connectivity index (χ1) is 12.0. The van der Waals surface area contributed by atoms with Crippen molar-refractivity contribution in [1.82, 2.24) is 15.5 Å². The molecule has 0 unspecified atom stereocenters. The first-order valence-electron chi connectivity index (χ1n) is 8.83. The van der Waals surface area contributed by atoms with Crippen molar-refractivity contribution in [2.75, 3.05) is 40.8 Å². The number of rotatable bonds is 9. The second-order valence-corrected chi connectivity index (χ2v) is 6.21. The van der Waals surface area contributed by atoms with Crippen LogP contribution >= 0.6 is 24.0 Å². The van der Waals surface area contributed by atoms with Crippen LogP contribution in [0, 0.1) is 6.92 Å². The molecule has 26 heavy (non-hydrogen) atoms. The fourth-order valence-electron chi connectivity index (χ4n) is 2.19. The van der Waals surface area contributed by atoms with Crippen LogP contribution in [0.3, 0.4) is 0 Å². The molecule has 0 saturated carbocycles. The molecule has 0 atom stereocenters. The van der Waals surface area contributed by atoms with E-state index in [1.165, 1.54) is 5.56 Å². The van der Waals surface area contributed by atoms with Gasteiger partial charge in [0.25, 0.3) is 0 Å². The van der Waals surface area contributed by atoms with Crippen LogP contribution in [0.4, 0.5) is 0 Å². The van der Waals surface area contributed by atoms with Gasteiger partial charge in [0.2, 0.25) is 5.91 Å². The van der Waals surface area contributed by atoms with Crippen LogP contribution in [0.1, 0.15) is 30.9 Å². The van der Waals surface area contributed by atoms with Crippen molar-refractivity contribution in [3.8, 4) is 5.75 Å². The third-order valence-corrected chi connectivity index (χ3v) is 3.87. The molecule has 0 radical (unpaired) electrons. The summed E-state index contributed by atoms with van der Waals surface area (Å²) in [7, 11) is 5.16. The van der Waals surface area contributed by atoms with Crippen molar-refractivity contribution in [1.29, 1.82) is 0 Å². The lowest BCUT2D eigenvalue weighted by Crippen LogP contribution is -2.40. The maximum absolute atomic E-state index is 11.7. The van der Waals surface area contributed by atoms with Crippen molar-refractivity contribution in [3.63, 3.8) is 0 Å². The molecule has 0 aliphatic rings. The molecule has 148 valence electrons. The predicted molar refractivity (Wildman–Crippen MR) is 119 cm³/mol. The van der Waals surface area contributed by atoms with Crippen LogP contribution in [0.5, 0.6) is 5.75 Å². The van der Waals surface area contributed by atoms with E-state index in [1.807, 2.05) is 6.92 Å². The zero-order valence-corrected chi connectivity index (χ0v) is 18.9. The molecule has 0 heterocycles.